The van der Waals surface area contributed by atoms with E-state index in [9.17, 15) is 14.7 Å². The summed E-state index contributed by atoms with van der Waals surface area (Å²) in [7, 11) is 0. The van der Waals surface area contributed by atoms with Crippen molar-refractivity contribution in [3.63, 3.8) is 0 Å². The van der Waals surface area contributed by atoms with Gasteiger partial charge in [-0.1, -0.05) is 0 Å². The average molecular weight is 321 g/mol. The van der Waals surface area contributed by atoms with Crippen molar-refractivity contribution < 1.29 is 19.4 Å². The van der Waals surface area contributed by atoms with Crippen molar-refractivity contribution in [1.82, 2.24) is 14.1 Å². The summed E-state index contributed by atoms with van der Waals surface area (Å²) in [5, 5.41) is 12.0. The van der Waals surface area contributed by atoms with Crippen molar-refractivity contribution in [2.24, 2.45) is 5.92 Å². The molecule has 1 saturated heterocycles. The number of fused-ring (bicyclic) bond motifs is 1. The van der Waals surface area contributed by atoms with Gasteiger partial charge in [-0.2, -0.15) is 8.75 Å². The Hall–Kier alpha value is -2.06. The molecule has 8 heteroatoms. The molecule has 2 unspecified atom stereocenters. The maximum Gasteiger partial charge on any atom is 0.326 e. The van der Waals surface area contributed by atoms with Gasteiger partial charge < -0.3 is 15.2 Å². The molecule has 1 aliphatic rings. The monoisotopic (exact) mass is 321 g/mol. The number of aromatic nitrogens is 2. The predicted molar refractivity (Wildman–Crippen MR) is 79.8 cm³/mol. The zero-order valence-electron chi connectivity index (χ0n) is 11.7. The molecule has 2 aromatic rings. The van der Waals surface area contributed by atoms with E-state index in [1.807, 2.05) is 0 Å². The Morgan fingerprint density at radius 1 is 1.36 bits per heavy atom. The molecule has 1 amide bonds. The highest BCUT2D eigenvalue weighted by Gasteiger charge is 2.31. The number of carbonyl (C=O) groups is 2. The molecule has 0 bridgehead atoms. The summed E-state index contributed by atoms with van der Waals surface area (Å²) in [5.74, 6) is -1.67. The van der Waals surface area contributed by atoms with Gasteiger partial charge >= 0.3 is 5.97 Å². The fraction of sp³-hybridized carbons (Fsp3) is 0.429. The molecule has 2 N–H and O–H groups in total. The second-order valence-corrected chi connectivity index (χ2v) is 5.76. The molecule has 2 atom stereocenters. The third kappa shape index (κ3) is 3.07. The summed E-state index contributed by atoms with van der Waals surface area (Å²) >= 11 is 1.07. The molecule has 1 aliphatic heterocycles. The second-order valence-electron chi connectivity index (χ2n) is 5.23. The number of amides is 1. The molecule has 1 aromatic heterocycles. The highest BCUT2D eigenvalue weighted by Crippen LogP contribution is 2.19. The number of nitrogens with one attached hydrogen (secondary N) is 1. The highest BCUT2D eigenvalue weighted by atomic mass is 32.1. The fourth-order valence-electron chi connectivity index (χ4n) is 2.56. The molecule has 1 fully saturated rings. The number of benzene rings is 1. The van der Waals surface area contributed by atoms with Gasteiger partial charge in [0.25, 0.3) is 5.91 Å². The number of aliphatic carboxylic acids is 1. The molecule has 0 saturated carbocycles. The summed E-state index contributed by atoms with van der Waals surface area (Å²) in [4.78, 5) is 23.8. The molecule has 0 spiro atoms. The Labute approximate surface area is 130 Å². The first-order valence-electron chi connectivity index (χ1n) is 6.99. The molecule has 0 aliphatic carbocycles. The minimum atomic E-state index is -1.04. The van der Waals surface area contributed by atoms with Crippen LogP contribution in [0.2, 0.25) is 0 Å². The van der Waals surface area contributed by atoms with Crippen LogP contribution in [0.4, 0.5) is 0 Å². The van der Waals surface area contributed by atoms with Gasteiger partial charge in [0.15, 0.2) is 0 Å². The van der Waals surface area contributed by atoms with Crippen LogP contribution in [0.15, 0.2) is 18.2 Å². The molecule has 116 valence electrons. The maximum absolute atomic E-state index is 12.3. The number of carboxylic acid groups (broad SMARTS) is 1. The van der Waals surface area contributed by atoms with Crippen LogP contribution in [-0.2, 0) is 9.53 Å². The summed E-state index contributed by atoms with van der Waals surface area (Å²) in [6, 6.07) is 3.99. The van der Waals surface area contributed by atoms with Crippen LogP contribution < -0.4 is 5.32 Å². The molecule has 3 rings (SSSR count). The van der Waals surface area contributed by atoms with Crippen molar-refractivity contribution in [2.75, 3.05) is 13.2 Å². The zero-order chi connectivity index (χ0) is 15.5. The van der Waals surface area contributed by atoms with E-state index in [1.165, 1.54) is 0 Å². The van der Waals surface area contributed by atoms with Crippen LogP contribution in [0.5, 0.6) is 0 Å². The van der Waals surface area contributed by atoms with Gasteiger partial charge in [0.1, 0.15) is 17.1 Å². The number of carbonyl (C=O) groups excluding carboxylic acids is 1. The Balaban J connectivity index is 1.76. The lowest BCUT2D eigenvalue weighted by molar-refractivity contribution is -0.142. The van der Waals surface area contributed by atoms with Gasteiger partial charge in [-0.15, -0.1) is 0 Å². The normalized spacial score (nSPS) is 19.7. The van der Waals surface area contributed by atoms with Crippen LogP contribution >= 0.6 is 11.7 Å². The summed E-state index contributed by atoms with van der Waals surface area (Å²) in [5.41, 5.74) is 1.73. The van der Waals surface area contributed by atoms with Crippen LogP contribution in [0.1, 0.15) is 23.2 Å². The summed E-state index contributed by atoms with van der Waals surface area (Å²) < 4.78 is 13.5. The lowest BCUT2D eigenvalue weighted by atomic mass is 9.93. The number of hydrogen-bond acceptors (Lipinski definition) is 6. The van der Waals surface area contributed by atoms with Gasteiger partial charge in [0, 0.05) is 18.1 Å². The summed E-state index contributed by atoms with van der Waals surface area (Å²) in [6.07, 6.45) is 1.53. The standard InChI is InChI=1S/C14H15N3O4S/c18-13(8-3-4-10-11(6-8)17-22-16-10)15-12(14(19)20)9-2-1-5-21-7-9/h3-4,6,9,12H,1-2,5,7H2,(H,15,18)(H,19,20). The van der Waals surface area contributed by atoms with E-state index in [-0.39, 0.29) is 5.92 Å². The smallest absolute Gasteiger partial charge is 0.326 e. The Kier molecular flexibility index (Phi) is 4.30. The SMILES string of the molecule is O=C(NC(C(=O)O)C1CCCOC1)c1ccc2nsnc2c1. The van der Waals surface area contributed by atoms with Gasteiger partial charge in [-0.25, -0.2) is 4.79 Å². The zero-order valence-corrected chi connectivity index (χ0v) is 12.5. The summed E-state index contributed by atoms with van der Waals surface area (Å²) in [6.45, 7) is 0.997. The van der Waals surface area contributed by atoms with Crippen molar-refractivity contribution in [3.05, 3.63) is 23.8 Å². The van der Waals surface area contributed by atoms with E-state index in [0.29, 0.717) is 24.3 Å². The van der Waals surface area contributed by atoms with E-state index in [2.05, 4.69) is 14.1 Å². The third-order valence-electron chi connectivity index (χ3n) is 3.74. The minimum Gasteiger partial charge on any atom is -0.480 e. The van der Waals surface area contributed by atoms with Crippen molar-refractivity contribution in [1.29, 1.82) is 0 Å². The Morgan fingerprint density at radius 2 is 2.18 bits per heavy atom. The number of nitrogens with zero attached hydrogens (tertiary/aromatic N) is 2. The van der Waals surface area contributed by atoms with Gasteiger partial charge in [-0.3, -0.25) is 4.79 Å². The molecule has 0 radical (unpaired) electrons. The Bertz CT molecular complexity index is 696. The van der Waals surface area contributed by atoms with Crippen molar-refractivity contribution in [2.45, 2.75) is 18.9 Å². The van der Waals surface area contributed by atoms with Gasteiger partial charge in [0.05, 0.1) is 18.3 Å². The quantitative estimate of drug-likeness (QED) is 0.880. The van der Waals surface area contributed by atoms with Crippen molar-refractivity contribution >= 4 is 34.6 Å². The second kappa shape index (κ2) is 6.37. The van der Waals surface area contributed by atoms with Crippen LogP contribution in [0.25, 0.3) is 11.0 Å². The minimum absolute atomic E-state index is 0.208. The van der Waals surface area contributed by atoms with E-state index in [1.54, 1.807) is 18.2 Å². The third-order valence-corrected chi connectivity index (χ3v) is 4.29. The predicted octanol–water partition coefficient (Wildman–Crippen LogP) is 1.30. The molecule has 2 heterocycles. The molecule has 7 nitrogen and oxygen atoms in total. The lowest BCUT2D eigenvalue weighted by Crippen LogP contribution is -2.48. The van der Waals surface area contributed by atoms with Gasteiger partial charge in [-0.05, 0) is 31.0 Å². The maximum atomic E-state index is 12.3. The molecular formula is C14H15N3O4S. The van der Waals surface area contributed by atoms with Crippen LogP contribution in [0, 0.1) is 5.92 Å². The Morgan fingerprint density at radius 3 is 2.91 bits per heavy atom. The first-order chi connectivity index (χ1) is 10.6. The average Bonchev–Trinajstić information content (AvgIpc) is 3.00. The molecular weight excluding hydrogens is 306 g/mol. The fourth-order valence-corrected chi connectivity index (χ4v) is 3.08. The van der Waals surface area contributed by atoms with E-state index in [4.69, 9.17) is 4.74 Å². The number of carboxylic acids is 1. The topological polar surface area (TPSA) is 101 Å². The first kappa shape index (κ1) is 14.9. The first-order valence-corrected chi connectivity index (χ1v) is 7.72. The largest absolute Gasteiger partial charge is 0.480 e. The highest BCUT2D eigenvalue weighted by molar-refractivity contribution is 7.00. The van der Waals surface area contributed by atoms with E-state index >= 15 is 0 Å². The number of ether oxygens (including phenoxy) is 1. The van der Waals surface area contributed by atoms with Crippen molar-refractivity contribution in [3.8, 4) is 0 Å². The number of rotatable bonds is 4. The van der Waals surface area contributed by atoms with Crippen LogP contribution in [0.3, 0.4) is 0 Å². The van der Waals surface area contributed by atoms with E-state index < -0.39 is 17.9 Å². The lowest BCUT2D eigenvalue weighted by Gasteiger charge is -2.28. The van der Waals surface area contributed by atoms with Crippen LogP contribution in [-0.4, -0.2) is 45.0 Å². The van der Waals surface area contributed by atoms with E-state index in [0.717, 1.165) is 30.1 Å². The van der Waals surface area contributed by atoms with Gasteiger partial charge in [0.2, 0.25) is 0 Å². The number of hydrogen-bond donors (Lipinski definition) is 2. The molecule has 22 heavy (non-hydrogen) atoms. The molecule has 1 aromatic carbocycles.